The molecule has 0 spiro atoms. The van der Waals surface area contributed by atoms with Crippen LogP contribution in [0.4, 0.5) is 10.1 Å². The Kier molecular flexibility index (Phi) is 8.28. The molecule has 0 radical (unpaired) electrons. The van der Waals surface area contributed by atoms with Gasteiger partial charge in [-0.25, -0.2) is 4.39 Å². The van der Waals surface area contributed by atoms with Crippen LogP contribution in [0.1, 0.15) is 52.0 Å². The van der Waals surface area contributed by atoms with Crippen LogP contribution in [-0.2, 0) is 6.54 Å². The van der Waals surface area contributed by atoms with Gasteiger partial charge in [0, 0.05) is 19.6 Å². The summed E-state index contributed by atoms with van der Waals surface area (Å²) >= 11 is 0. The lowest BCUT2D eigenvalue weighted by Gasteiger charge is -2.25. The smallest absolute Gasteiger partial charge is 0.146 e. The van der Waals surface area contributed by atoms with Gasteiger partial charge in [0.1, 0.15) is 5.82 Å². The zero-order valence-electron chi connectivity index (χ0n) is 13.2. The topological polar surface area (TPSA) is 15.3 Å². The predicted molar refractivity (Wildman–Crippen MR) is 85.8 cm³/mol. The molecule has 3 heteroatoms. The highest BCUT2D eigenvalue weighted by atomic mass is 19.1. The number of nitrogens with zero attached hydrogens (tertiary/aromatic N) is 1. The molecule has 1 aromatic carbocycles. The normalized spacial score (nSPS) is 10.8. The Bertz CT molecular complexity index is 373. The maximum absolute atomic E-state index is 14.0. The van der Waals surface area contributed by atoms with Gasteiger partial charge in [0.2, 0.25) is 0 Å². The third-order valence-corrected chi connectivity index (χ3v) is 3.37. The standard InChI is InChI=1S/C17H29FN2/c1-4-7-10-19-14-15-8-9-16(18)17(13-15)20(11-5-2)12-6-3/h8-9,13,19H,4-7,10-12,14H2,1-3H3. The quantitative estimate of drug-likeness (QED) is 0.641. The van der Waals surface area contributed by atoms with E-state index in [1.807, 2.05) is 12.1 Å². The molecule has 1 rings (SSSR count). The number of benzene rings is 1. The maximum Gasteiger partial charge on any atom is 0.146 e. The van der Waals surface area contributed by atoms with Gasteiger partial charge in [-0.3, -0.25) is 0 Å². The Labute approximate surface area is 123 Å². The fourth-order valence-corrected chi connectivity index (χ4v) is 2.34. The molecule has 1 aromatic rings. The molecule has 0 aliphatic carbocycles. The van der Waals surface area contributed by atoms with E-state index in [4.69, 9.17) is 0 Å². The fourth-order valence-electron chi connectivity index (χ4n) is 2.34. The second kappa shape index (κ2) is 9.76. The van der Waals surface area contributed by atoms with Crippen molar-refractivity contribution < 1.29 is 4.39 Å². The zero-order chi connectivity index (χ0) is 14.8. The lowest BCUT2D eigenvalue weighted by atomic mass is 10.1. The van der Waals surface area contributed by atoms with Gasteiger partial charge in [-0.05, 0) is 43.5 Å². The fraction of sp³-hybridized carbons (Fsp3) is 0.647. The van der Waals surface area contributed by atoms with Gasteiger partial charge in [-0.1, -0.05) is 33.3 Å². The van der Waals surface area contributed by atoms with Gasteiger partial charge in [0.05, 0.1) is 5.69 Å². The molecule has 20 heavy (non-hydrogen) atoms. The summed E-state index contributed by atoms with van der Waals surface area (Å²) in [5.74, 6) is -0.107. The third kappa shape index (κ3) is 5.49. The summed E-state index contributed by atoms with van der Waals surface area (Å²) in [7, 11) is 0. The number of halogens is 1. The van der Waals surface area contributed by atoms with Crippen LogP contribution >= 0.6 is 0 Å². The molecule has 0 amide bonds. The van der Waals surface area contributed by atoms with E-state index in [2.05, 4.69) is 31.0 Å². The van der Waals surface area contributed by atoms with Gasteiger partial charge in [0.25, 0.3) is 0 Å². The number of hydrogen-bond acceptors (Lipinski definition) is 2. The summed E-state index contributed by atoms with van der Waals surface area (Å²) in [5.41, 5.74) is 1.92. The molecule has 0 unspecified atom stereocenters. The van der Waals surface area contributed by atoms with Crippen LogP contribution in [0.25, 0.3) is 0 Å². The summed E-state index contributed by atoms with van der Waals surface area (Å²) < 4.78 is 14.0. The predicted octanol–water partition coefficient (Wildman–Crippen LogP) is 4.34. The van der Waals surface area contributed by atoms with E-state index in [-0.39, 0.29) is 5.82 Å². The van der Waals surface area contributed by atoms with E-state index in [1.165, 1.54) is 12.8 Å². The highest BCUT2D eigenvalue weighted by Gasteiger charge is 2.11. The van der Waals surface area contributed by atoms with Crippen LogP contribution in [0, 0.1) is 5.82 Å². The van der Waals surface area contributed by atoms with Gasteiger partial charge in [-0.15, -0.1) is 0 Å². The Morgan fingerprint density at radius 1 is 1.05 bits per heavy atom. The monoisotopic (exact) mass is 280 g/mol. The van der Waals surface area contributed by atoms with Crippen molar-refractivity contribution >= 4 is 5.69 Å². The Morgan fingerprint density at radius 2 is 1.75 bits per heavy atom. The second-order valence-corrected chi connectivity index (χ2v) is 5.30. The molecule has 0 fully saturated rings. The number of hydrogen-bond donors (Lipinski definition) is 1. The molecule has 0 aromatic heterocycles. The first-order chi connectivity index (χ1) is 9.72. The molecule has 0 bridgehead atoms. The minimum Gasteiger partial charge on any atom is -0.369 e. The van der Waals surface area contributed by atoms with E-state index in [0.29, 0.717) is 0 Å². The zero-order valence-corrected chi connectivity index (χ0v) is 13.2. The molecular formula is C17H29FN2. The first-order valence-corrected chi connectivity index (χ1v) is 7.97. The second-order valence-electron chi connectivity index (χ2n) is 5.30. The molecular weight excluding hydrogens is 251 g/mol. The highest BCUT2D eigenvalue weighted by Crippen LogP contribution is 2.21. The van der Waals surface area contributed by atoms with Gasteiger partial charge in [0.15, 0.2) is 0 Å². The summed E-state index contributed by atoms with van der Waals surface area (Å²) in [5, 5.41) is 3.41. The number of unbranched alkanes of at least 4 members (excludes halogenated alkanes) is 1. The van der Waals surface area contributed by atoms with Crippen molar-refractivity contribution in [1.29, 1.82) is 0 Å². The van der Waals surface area contributed by atoms with Crippen LogP contribution in [-0.4, -0.2) is 19.6 Å². The largest absolute Gasteiger partial charge is 0.369 e. The number of anilines is 1. The first kappa shape index (κ1) is 17.0. The van der Waals surface area contributed by atoms with Crippen LogP contribution in [0.5, 0.6) is 0 Å². The molecule has 0 aliphatic heterocycles. The third-order valence-electron chi connectivity index (χ3n) is 3.37. The van der Waals surface area contributed by atoms with Gasteiger partial charge in [-0.2, -0.15) is 0 Å². The Balaban J connectivity index is 2.73. The van der Waals surface area contributed by atoms with E-state index < -0.39 is 0 Å². The molecule has 0 atom stereocenters. The summed E-state index contributed by atoms with van der Waals surface area (Å²) in [6.45, 7) is 10.1. The Hall–Kier alpha value is -1.09. The molecule has 0 saturated carbocycles. The van der Waals surface area contributed by atoms with Crippen molar-refractivity contribution in [2.45, 2.75) is 53.0 Å². The van der Waals surface area contributed by atoms with Gasteiger partial charge >= 0.3 is 0 Å². The summed E-state index contributed by atoms with van der Waals surface area (Å²) in [6, 6.07) is 5.48. The average Bonchev–Trinajstić information content (AvgIpc) is 2.45. The van der Waals surface area contributed by atoms with Crippen LogP contribution < -0.4 is 10.2 Å². The summed E-state index contributed by atoms with van der Waals surface area (Å²) in [6.07, 6.45) is 4.46. The lowest BCUT2D eigenvalue weighted by molar-refractivity contribution is 0.608. The molecule has 2 nitrogen and oxygen atoms in total. The van der Waals surface area contributed by atoms with Crippen molar-refractivity contribution in [3.8, 4) is 0 Å². The minimum atomic E-state index is -0.107. The highest BCUT2D eigenvalue weighted by molar-refractivity contribution is 5.50. The molecule has 1 N–H and O–H groups in total. The van der Waals surface area contributed by atoms with Crippen molar-refractivity contribution in [3.63, 3.8) is 0 Å². The average molecular weight is 280 g/mol. The minimum absolute atomic E-state index is 0.107. The van der Waals surface area contributed by atoms with Gasteiger partial charge < -0.3 is 10.2 Å². The van der Waals surface area contributed by atoms with Crippen LogP contribution in [0.2, 0.25) is 0 Å². The van der Waals surface area contributed by atoms with E-state index in [0.717, 1.165) is 50.3 Å². The van der Waals surface area contributed by atoms with Crippen molar-refractivity contribution in [2.24, 2.45) is 0 Å². The first-order valence-electron chi connectivity index (χ1n) is 7.97. The van der Waals surface area contributed by atoms with E-state index in [1.54, 1.807) is 6.07 Å². The van der Waals surface area contributed by atoms with Crippen LogP contribution in [0.15, 0.2) is 18.2 Å². The molecule has 0 saturated heterocycles. The Morgan fingerprint density at radius 3 is 2.35 bits per heavy atom. The number of rotatable bonds is 10. The van der Waals surface area contributed by atoms with Crippen molar-refractivity contribution in [2.75, 3.05) is 24.5 Å². The molecule has 114 valence electrons. The summed E-state index contributed by atoms with van der Waals surface area (Å²) in [4.78, 5) is 2.16. The van der Waals surface area contributed by atoms with Crippen molar-refractivity contribution in [1.82, 2.24) is 5.32 Å². The van der Waals surface area contributed by atoms with Crippen LogP contribution in [0.3, 0.4) is 0 Å². The SMILES string of the molecule is CCCCNCc1ccc(F)c(N(CCC)CCC)c1. The van der Waals surface area contributed by atoms with E-state index in [9.17, 15) is 4.39 Å². The maximum atomic E-state index is 14.0. The van der Waals surface area contributed by atoms with E-state index >= 15 is 0 Å². The van der Waals surface area contributed by atoms with Crippen molar-refractivity contribution in [3.05, 3.63) is 29.6 Å². The number of nitrogens with one attached hydrogen (secondary N) is 1. The molecule has 0 aliphatic rings. The molecule has 0 heterocycles. The lowest BCUT2D eigenvalue weighted by Crippen LogP contribution is -2.26.